The van der Waals surface area contributed by atoms with Crippen molar-refractivity contribution in [3.05, 3.63) is 47.4 Å². The predicted octanol–water partition coefficient (Wildman–Crippen LogP) is 2.32. The van der Waals surface area contributed by atoms with Gasteiger partial charge in [0.05, 0.1) is 11.3 Å². The number of nitrogen functional groups attached to an aromatic ring is 1. The van der Waals surface area contributed by atoms with Gasteiger partial charge in [-0.2, -0.15) is 5.26 Å². The van der Waals surface area contributed by atoms with Crippen molar-refractivity contribution in [2.75, 3.05) is 5.73 Å². The lowest BCUT2D eigenvalue weighted by Crippen LogP contribution is -2.04. The number of hydrogen-bond donors (Lipinski definition) is 1. The van der Waals surface area contributed by atoms with Gasteiger partial charge in [-0.05, 0) is 36.8 Å². The molecule has 0 unspecified atom stereocenters. The number of halogens is 1. The molecule has 0 fully saturated rings. The van der Waals surface area contributed by atoms with E-state index in [1.54, 1.807) is 10.8 Å². The molecule has 0 bridgehead atoms. The van der Waals surface area contributed by atoms with E-state index in [0.29, 0.717) is 16.9 Å². The Morgan fingerprint density at radius 1 is 1.35 bits per heavy atom. The molecule has 0 spiro atoms. The van der Waals surface area contributed by atoms with E-state index in [0.717, 1.165) is 11.6 Å². The Kier molecular flexibility index (Phi) is 2.61. The number of nitrogens with two attached hydrogens (primary N) is 1. The van der Waals surface area contributed by atoms with Gasteiger partial charge in [-0.1, -0.05) is 0 Å². The van der Waals surface area contributed by atoms with E-state index in [9.17, 15) is 4.39 Å². The Balaban J connectivity index is 2.39. The summed E-state index contributed by atoms with van der Waals surface area (Å²) in [6.45, 7) is 1.90. The van der Waals surface area contributed by atoms with Crippen LogP contribution in [0.2, 0.25) is 0 Å². The highest BCUT2D eigenvalue weighted by Gasteiger charge is 2.15. The van der Waals surface area contributed by atoms with Crippen LogP contribution in [0.5, 0.6) is 0 Å². The van der Waals surface area contributed by atoms with Crippen LogP contribution >= 0.6 is 0 Å². The van der Waals surface area contributed by atoms with Crippen LogP contribution in [-0.4, -0.2) is 14.5 Å². The van der Waals surface area contributed by atoms with E-state index in [1.165, 1.54) is 12.1 Å². The summed E-state index contributed by atoms with van der Waals surface area (Å²) in [5, 5.41) is 9.15. The third-order valence-corrected chi connectivity index (χ3v) is 3.09. The van der Waals surface area contributed by atoms with Crippen molar-refractivity contribution in [1.29, 1.82) is 5.26 Å². The van der Waals surface area contributed by atoms with Crippen LogP contribution in [0.15, 0.2) is 30.5 Å². The van der Waals surface area contributed by atoms with Crippen LogP contribution in [0, 0.1) is 24.1 Å². The van der Waals surface area contributed by atoms with Gasteiger partial charge in [-0.15, -0.1) is 0 Å². The van der Waals surface area contributed by atoms with E-state index in [4.69, 9.17) is 11.0 Å². The number of pyridine rings is 1. The monoisotopic (exact) mass is 267 g/mol. The lowest BCUT2D eigenvalue weighted by molar-refractivity contribution is 0.627. The van der Waals surface area contributed by atoms with Gasteiger partial charge in [0, 0.05) is 6.20 Å². The fraction of sp³-hybridized carbons (Fsp3) is 0.0714. The Labute approximate surface area is 114 Å². The van der Waals surface area contributed by atoms with E-state index in [-0.39, 0.29) is 11.5 Å². The Morgan fingerprint density at radius 2 is 2.15 bits per heavy atom. The highest BCUT2D eigenvalue weighted by molar-refractivity contribution is 5.80. The second kappa shape index (κ2) is 4.31. The average molecular weight is 267 g/mol. The highest BCUT2D eigenvalue weighted by atomic mass is 19.1. The number of benzene rings is 1. The molecule has 2 aromatic heterocycles. The summed E-state index contributed by atoms with van der Waals surface area (Å²) in [6.07, 6.45) is 1.64. The maximum Gasteiger partial charge on any atom is 0.207 e. The standard InChI is InChI=1S/C14H10FN5/c1-8-4-5-18-13-12(8)19-14(17)20(13)11-3-2-10(15)6-9(11)7-16/h2-6H,1H3,(H2,17,19). The molecule has 5 nitrogen and oxygen atoms in total. The number of aryl methyl sites for hydroxylation is 1. The van der Waals surface area contributed by atoms with Gasteiger partial charge < -0.3 is 5.73 Å². The molecule has 0 aliphatic heterocycles. The van der Waals surface area contributed by atoms with Crippen molar-refractivity contribution in [2.45, 2.75) is 6.92 Å². The zero-order valence-corrected chi connectivity index (χ0v) is 10.6. The number of hydrogen-bond acceptors (Lipinski definition) is 4. The smallest absolute Gasteiger partial charge is 0.207 e. The first-order chi connectivity index (χ1) is 9.61. The first-order valence-corrected chi connectivity index (χ1v) is 5.91. The summed E-state index contributed by atoms with van der Waals surface area (Å²) in [7, 11) is 0. The molecule has 0 saturated carbocycles. The second-order valence-electron chi connectivity index (χ2n) is 4.38. The minimum absolute atomic E-state index is 0.180. The quantitative estimate of drug-likeness (QED) is 0.733. The molecule has 0 aliphatic rings. The summed E-state index contributed by atoms with van der Waals surface area (Å²) in [5.41, 5.74) is 8.71. The number of anilines is 1. The molecule has 0 aliphatic carbocycles. The lowest BCUT2D eigenvalue weighted by Gasteiger charge is -2.07. The third-order valence-electron chi connectivity index (χ3n) is 3.09. The molecular formula is C14H10FN5. The summed E-state index contributed by atoms with van der Waals surface area (Å²) in [6, 6.07) is 7.72. The number of nitrogens with zero attached hydrogens (tertiary/aromatic N) is 4. The van der Waals surface area contributed by atoms with E-state index < -0.39 is 5.82 Å². The fourth-order valence-electron chi connectivity index (χ4n) is 2.14. The highest BCUT2D eigenvalue weighted by Crippen LogP contribution is 2.25. The minimum atomic E-state index is -0.475. The SMILES string of the molecule is Cc1ccnc2c1nc(N)n2-c1ccc(F)cc1C#N. The van der Waals surface area contributed by atoms with Gasteiger partial charge in [0.25, 0.3) is 0 Å². The fourth-order valence-corrected chi connectivity index (χ4v) is 2.14. The normalized spacial score (nSPS) is 10.7. The second-order valence-corrected chi connectivity index (χ2v) is 4.38. The summed E-state index contributed by atoms with van der Waals surface area (Å²) in [5.74, 6) is -0.262. The summed E-state index contributed by atoms with van der Waals surface area (Å²) in [4.78, 5) is 8.52. The molecule has 2 N–H and O–H groups in total. The van der Waals surface area contributed by atoms with Gasteiger partial charge >= 0.3 is 0 Å². The molecule has 3 rings (SSSR count). The van der Waals surface area contributed by atoms with Crippen LogP contribution in [0.25, 0.3) is 16.9 Å². The largest absolute Gasteiger partial charge is 0.369 e. The Morgan fingerprint density at radius 3 is 2.90 bits per heavy atom. The molecule has 98 valence electrons. The zero-order chi connectivity index (χ0) is 14.3. The molecule has 3 aromatic rings. The first-order valence-electron chi connectivity index (χ1n) is 5.91. The summed E-state index contributed by atoms with van der Waals surface area (Å²) < 4.78 is 14.8. The van der Waals surface area contributed by atoms with Crippen LogP contribution in [0.4, 0.5) is 10.3 Å². The lowest BCUT2D eigenvalue weighted by atomic mass is 10.2. The van der Waals surface area contributed by atoms with E-state index in [2.05, 4.69) is 9.97 Å². The van der Waals surface area contributed by atoms with Crippen molar-refractivity contribution in [3.8, 4) is 11.8 Å². The maximum absolute atomic E-state index is 13.2. The number of fused-ring (bicyclic) bond motifs is 1. The molecule has 6 heteroatoms. The van der Waals surface area contributed by atoms with Gasteiger partial charge in [0.15, 0.2) is 5.65 Å². The number of nitriles is 1. The van der Waals surface area contributed by atoms with Crippen molar-refractivity contribution in [2.24, 2.45) is 0 Å². The van der Waals surface area contributed by atoms with Crippen LogP contribution in [0.3, 0.4) is 0 Å². The molecule has 2 heterocycles. The van der Waals surface area contributed by atoms with Gasteiger partial charge in [-0.25, -0.2) is 14.4 Å². The molecule has 0 amide bonds. The summed E-state index contributed by atoms with van der Waals surface area (Å²) >= 11 is 0. The van der Waals surface area contributed by atoms with Gasteiger partial charge in [0.1, 0.15) is 17.4 Å². The number of imidazole rings is 1. The first kappa shape index (κ1) is 12.1. The van der Waals surface area contributed by atoms with E-state index in [1.807, 2.05) is 19.1 Å². The van der Waals surface area contributed by atoms with Crippen molar-refractivity contribution in [3.63, 3.8) is 0 Å². The molecule has 0 atom stereocenters. The topological polar surface area (TPSA) is 80.5 Å². The van der Waals surface area contributed by atoms with Crippen molar-refractivity contribution >= 4 is 17.1 Å². The molecule has 0 saturated heterocycles. The van der Waals surface area contributed by atoms with Crippen LogP contribution < -0.4 is 5.73 Å². The van der Waals surface area contributed by atoms with Crippen molar-refractivity contribution < 1.29 is 4.39 Å². The molecule has 20 heavy (non-hydrogen) atoms. The zero-order valence-electron chi connectivity index (χ0n) is 10.6. The molecule has 0 radical (unpaired) electrons. The van der Waals surface area contributed by atoms with Crippen LogP contribution in [0.1, 0.15) is 11.1 Å². The minimum Gasteiger partial charge on any atom is -0.369 e. The third kappa shape index (κ3) is 1.68. The van der Waals surface area contributed by atoms with Gasteiger partial charge in [0.2, 0.25) is 5.95 Å². The maximum atomic E-state index is 13.2. The Hall–Kier alpha value is -2.94. The van der Waals surface area contributed by atoms with Gasteiger partial charge in [-0.3, -0.25) is 4.57 Å². The number of rotatable bonds is 1. The van der Waals surface area contributed by atoms with Crippen LogP contribution in [-0.2, 0) is 0 Å². The molecular weight excluding hydrogens is 257 g/mol. The number of aromatic nitrogens is 3. The van der Waals surface area contributed by atoms with E-state index >= 15 is 0 Å². The molecule has 1 aromatic carbocycles. The average Bonchev–Trinajstić information content (AvgIpc) is 2.77. The predicted molar refractivity (Wildman–Crippen MR) is 72.7 cm³/mol. The van der Waals surface area contributed by atoms with Crippen molar-refractivity contribution in [1.82, 2.24) is 14.5 Å². The Bertz CT molecular complexity index is 860.